The van der Waals surface area contributed by atoms with Crippen molar-refractivity contribution in [2.24, 2.45) is 5.84 Å². The Kier molecular flexibility index (Phi) is 5.12. The predicted octanol–water partition coefficient (Wildman–Crippen LogP) is 3.40. The second-order valence-electron chi connectivity index (χ2n) is 5.00. The van der Waals surface area contributed by atoms with Crippen LogP contribution >= 0.6 is 11.6 Å². The van der Waals surface area contributed by atoms with Crippen LogP contribution in [0.5, 0.6) is 0 Å². The standard InChI is InChI=1S/C16H18ClFN2/c1-11-3-2-4-12(7-11)8-15(20-19)9-13-5-6-14(18)10-16(13)17/h2-7,10,15,20H,8-9,19H2,1H3. The molecule has 0 saturated carbocycles. The van der Waals surface area contributed by atoms with Crippen LogP contribution in [0.1, 0.15) is 16.7 Å². The predicted molar refractivity (Wildman–Crippen MR) is 81.1 cm³/mol. The van der Waals surface area contributed by atoms with Gasteiger partial charge in [-0.1, -0.05) is 47.5 Å². The number of nitrogens with one attached hydrogen (secondary N) is 1. The van der Waals surface area contributed by atoms with E-state index in [-0.39, 0.29) is 11.9 Å². The van der Waals surface area contributed by atoms with Crippen molar-refractivity contribution in [3.63, 3.8) is 0 Å². The summed E-state index contributed by atoms with van der Waals surface area (Å²) in [4.78, 5) is 0. The molecule has 3 N–H and O–H groups in total. The molecule has 2 aromatic carbocycles. The molecule has 20 heavy (non-hydrogen) atoms. The number of hydrogen-bond acceptors (Lipinski definition) is 2. The van der Waals surface area contributed by atoms with Gasteiger partial charge >= 0.3 is 0 Å². The maximum Gasteiger partial charge on any atom is 0.124 e. The summed E-state index contributed by atoms with van der Waals surface area (Å²) in [6.45, 7) is 2.06. The van der Waals surface area contributed by atoms with Crippen LogP contribution in [0.2, 0.25) is 5.02 Å². The van der Waals surface area contributed by atoms with E-state index in [9.17, 15) is 4.39 Å². The second-order valence-corrected chi connectivity index (χ2v) is 5.40. The van der Waals surface area contributed by atoms with E-state index >= 15 is 0 Å². The third-order valence-corrected chi connectivity index (χ3v) is 3.63. The van der Waals surface area contributed by atoms with Crippen molar-refractivity contribution in [1.82, 2.24) is 5.43 Å². The molecule has 106 valence electrons. The minimum absolute atomic E-state index is 0.0553. The third kappa shape index (κ3) is 4.04. The lowest BCUT2D eigenvalue weighted by Gasteiger charge is -2.17. The molecule has 0 aliphatic heterocycles. The Morgan fingerprint density at radius 1 is 1.20 bits per heavy atom. The number of aryl methyl sites for hydroxylation is 1. The molecule has 0 bridgehead atoms. The van der Waals surface area contributed by atoms with E-state index in [0.717, 1.165) is 12.0 Å². The summed E-state index contributed by atoms with van der Waals surface area (Å²) in [5, 5.41) is 0.439. The molecule has 1 atom stereocenters. The molecule has 4 heteroatoms. The summed E-state index contributed by atoms with van der Waals surface area (Å²) in [6, 6.07) is 12.8. The van der Waals surface area contributed by atoms with Crippen molar-refractivity contribution in [3.05, 3.63) is 70.0 Å². The van der Waals surface area contributed by atoms with Crippen molar-refractivity contribution >= 4 is 11.6 Å². The van der Waals surface area contributed by atoms with Crippen LogP contribution in [0.3, 0.4) is 0 Å². The zero-order valence-corrected chi connectivity index (χ0v) is 12.1. The number of nitrogens with two attached hydrogens (primary N) is 1. The molecule has 2 nitrogen and oxygen atoms in total. The smallest absolute Gasteiger partial charge is 0.124 e. The molecule has 0 saturated heterocycles. The SMILES string of the molecule is Cc1cccc(CC(Cc2ccc(F)cc2Cl)NN)c1. The zero-order valence-electron chi connectivity index (χ0n) is 11.4. The lowest BCUT2D eigenvalue weighted by molar-refractivity contribution is 0.522. The second kappa shape index (κ2) is 6.84. The summed E-state index contributed by atoms with van der Waals surface area (Å²) in [6.07, 6.45) is 1.45. The van der Waals surface area contributed by atoms with Crippen molar-refractivity contribution in [2.75, 3.05) is 0 Å². The first-order valence-electron chi connectivity index (χ1n) is 6.54. The van der Waals surface area contributed by atoms with Crippen LogP contribution in [0.15, 0.2) is 42.5 Å². The Morgan fingerprint density at radius 3 is 2.65 bits per heavy atom. The zero-order chi connectivity index (χ0) is 14.5. The van der Waals surface area contributed by atoms with Gasteiger partial charge in [0.15, 0.2) is 0 Å². The van der Waals surface area contributed by atoms with Gasteiger partial charge in [-0.2, -0.15) is 0 Å². The molecule has 0 fully saturated rings. The number of halogens is 2. The molecule has 2 aromatic rings. The molecule has 0 heterocycles. The quantitative estimate of drug-likeness (QED) is 0.655. The number of benzene rings is 2. The number of rotatable bonds is 5. The van der Waals surface area contributed by atoms with Gasteiger partial charge < -0.3 is 0 Å². The topological polar surface area (TPSA) is 38.0 Å². The first-order valence-corrected chi connectivity index (χ1v) is 6.92. The Labute approximate surface area is 123 Å². The highest BCUT2D eigenvalue weighted by Crippen LogP contribution is 2.20. The summed E-state index contributed by atoms with van der Waals surface area (Å²) >= 11 is 6.05. The highest BCUT2D eigenvalue weighted by atomic mass is 35.5. The number of hydrazine groups is 1. The Hall–Kier alpha value is -1.42. The van der Waals surface area contributed by atoms with Gasteiger partial charge in [0.25, 0.3) is 0 Å². The molecular weight excluding hydrogens is 275 g/mol. The van der Waals surface area contributed by atoms with Crippen LogP contribution in [0, 0.1) is 12.7 Å². The summed E-state index contributed by atoms with van der Waals surface area (Å²) in [7, 11) is 0. The lowest BCUT2D eigenvalue weighted by Crippen LogP contribution is -2.38. The van der Waals surface area contributed by atoms with E-state index in [0.29, 0.717) is 11.4 Å². The van der Waals surface area contributed by atoms with E-state index in [2.05, 4.69) is 30.5 Å². The molecule has 2 rings (SSSR count). The third-order valence-electron chi connectivity index (χ3n) is 3.28. The molecular formula is C16H18ClFN2. The van der Waals surface area contributed by atoms with E-state index in [1.807, 2.05) is 6.07 Å². The molecule has 0 aliphatic carbocycles. The molecule has 0 radical (unpaired) electrons. The highest BCUT2D eigenvalue weighted by Gasteiger charge is 2.12. The van der Waals surface area contributed by atoms with Gasteiger partial charge in [-0.3, -0.25) is 11.3 Å². The van der Waals surface area contributed by atoms with E-state index in [1.54, 1.807) is 6.07 Å². The lowest BCUT2D eigenvalue weighted by atomic mass is 9.98. The minimum Gasteiger partial charge on any atom is -0.271 e. The van der Waals surface area contributed by atoms with Gasteiger partial charge in [-0.25, -0.2) is 4.39 Å². The Balaban J connectivity index is 2.09. The van der Waals surface area contributed by atoms with Gasteiger partial charge in [0.2, 0.25) is 0 Å². The summed E-state index contributed by atoms with van der Waals surface area (Å²) in [5.74, 6) is 5.29. The van der Waals surface area contributed by atoms with Gasteiger partial charge in [-0.05, 0) is 43.0 Å². The Bertz CT molecular complexity index is 586. The average molecular weight is 293 g/mol. The normalized spacial score (nSPS) is 12.4. The molecule has 0 aromatic heterocycles. The summed E-state index contributed by atoms with van der Waals surface area (Å²) in [5.41, 5.74) is 6.13. The maximum atomic E-state index is 13.0. The van der Waals surface area contributed by atoms with Crippen LogP contribution in [-0.4, -0.2) is 6.04 Å². The van der Waals surface area contributed by atoms with Crippen molar-refractivity contribution in [2.45, 2.75) is 25.8 Å². The fourth-order valence-electron chi connectivity index (χ4n) is 2.27. The average Bonchev–Trinajstić information content (AvgIpc) is 2.41. The van der Waals surface area contributed by atoms with Crippen molar-refractivity contribution in [3.8, 4) is 0 Å². The number of hydrogen-bond donors (Lipinski definition) is 2. The van der Waals surface area contributed by atoms with Crippen LogP contribution in [-0.2, 0) is 12.8 Å². The fraction of sp³-hybridized carbons (Fsp3) is 0.250. The van der Waals surface area contributed by atoms with Gasteiger partial charge in [0.1, 0.15) is 5.82 Å². The van der Waals surface area contributed by atoms with Crippen LogP contribution in [0.25, 0.3) is 0 Å². The van der Waals surface area contributed by atoms with Gasteiger partial charge in [0.05, 0.1) is 0 Å². The molecule has 0 spiro atoms. The van der Waals surface area contributed by atoms with Gasteiger partial charge in [0, 0.05) is 11.1 Å². The maximum absolute atomic E-state index is 13.0. The van der Waals surface area contributed by atoms with E-state index in [1.165, 1.54) is 23.3 Å². The van der Waals surface area contributed by atoms with E-state index < -0.39 is 0 Å². The minimum atomic E-state index is -0.324. The van der Waals surface area contributed by atoms with E-state index in [4.69, 9.17) is 17.4 Å². The highest BCUT2D eigenvalue weighted by molar-refractivity contribution is 6.31. The summed E-state index contributed by atoms with van der Waals surface area (Å²) < 4.78 is 13.0. The van der Waals surface area contributed by atoms with Crippen LogP contribution < -0.4 is 11.3 Å². The molecule has 0 amide bonds. The van der Waals surface area contributed by atoms with Crippen molar-refractivity contribution in [1.29, 1.82) is 0 Å². The largest absolute Gasteiger partial charge is 0.271 e. The monoisotopic (exact) mass is 292 g/mol. The Morgan fingerprint density at radius 2 is 2.00 bits per heavy atom. The molecule has 1 unspecified atom stereocenters. The van der Waals surface area contributed by atoms with Crippen molar-refractivity contribution < 1.29 is 4.39 Å². The van der Waals surface area contributed by atoms with Crippen LogP contribution in [0.4, 0.5) is 4.39 Å². The first-order chi connectivity index (χ1) is 9.58. The fourth-order valence-corrected chi connectivity index (χ4v) is 2.51. The molecule has 0 aliphatic rings. The first kappa shape index (κ1) is 15.0. The van der Waals surface area contributed by atoms with Gasteiger partial charge in [-0.15, -0.1) is 0 Å².